The molecule has 0 spiro atoms. The van der Waals surface area contributed by atoms with Crippen LogP contribution in [0.15, 0.2) is 23.8 Å². The zero-order valence-electron chi connectivity index (χ0n) is 6.58. The number of aliphatic carboxylic acids is 1. The number of hydrogen-bond donors (Lipinski definition) is 1. The van der Waals surface area contributed by atoms with Gasteiger partial charge >= 0.3 is 5.97 Å². The molecule has 0 radical (unpaired) electrons. The van der Waals surface area contributed by atoms with E-state index in [0.717, 1.165) is 12.5 Å². The van der Waals surface area contributed by atoms with Gasteiger partial charge in [0.25, 0.3) is 0 Å². The fraction of sp³-hybridized carbons (Fsp3) is 0.444. The summed E-state index contributed by atoms with van der Waals surface area (Å²) in [7, 11) is 0. The Morgan fingerprint density at radius 3 is 2.82 bits per heavy atom. The van der Waals surface area contributed by atoms with E-state index in [9.17, 15) is 4.79 Å². The Morgan fingerprint density at radius 1 is 1.73 bits per heavy atom. The van der Waals surface area contributed by atoms with Crippen molar-refractivity contribution in [1.29, 1.82) is 0 Å². The zero-order chi connectivity index (χ0) is 8.27. The summed E-state index contributed by atoms with van der Waals surface area (Å²) in [6.07, 6.45) is 7.05. The van der Waals surface area contributed by atoms with Crippen LogP contribution in [0.25, 0.3) is 0 Å². The summed E-state index contributed by atoms with van der Waals surface area (Å²) in [4.78, 5) is 10.1. The van der Waals surface area contributed by atoms with Crippen LogP contribution in [0.3, 0.4) is 0 Å². The molecule has 1 aliphatic rings. The second-order valence-corrected chi connectivity index (χ2v) is 2.88. The molecular weight excluding hydrogens is 140 g/mol. The minimum absolute atomic E-state index is 0.661. The van der Waals surface area contributed by atoms with E-state index in [2.05, 4.69) is 6.92 Å². The fourth-order valence-corrected chi connectivity index (χ4v) is 1.10. The van der Waals surface area contributed by atoms with Gasteiger partial charge in [-0.05, 0) is 18.8 Å². The van der Waals surface area contributed by atoms with Crippen LogP contribution in [-0.4, -0.2) is 11.1 Å². The Hall–Kier alpha value is -1.05. The molecule has 1 fully saturated rings. The number of carboxylic acid groups (broad SMARTS) is 1. The summed E-state index contributed by atoms with van der Waals surface area (Å²) >= 11 is 0. The summed E-state index contributed by atoms with van der Waals surface area (Å²) in [5.41, 5.74) is 1.36. The first kappa shape index (κ1) is 8.05. The second-order valence-electron chi connectivity index (χ2n) is 2.88. The molecule has 2 heteroatoms. The third-order valence-corrected chi connectivity index (χ3v) is 2.05. The van der Waals surface area contributed by atoms with Crippen molar-refractivity contribution in [3.63, 3.8) is 0 Å². The molecule has 0 aromatic heterocycles. The first-order valence-electron chi connectivity index (χ1n) is 3.80. The molecule has 0 amide bonds. The maximum absolute atomic E-state index is 10.1. The van der Waals surface area contributed by atoms with Crippen LogP contribution in [-0.2, 0) is 4.79 Å². The Kier molecular flexibility index (Phi) is 2.47. The van der Waals surface area contributed by atoms with Crippen LogP contribution in [0.1, 0.15) is 19.8 Å². The summed E-state index contributed by atoms with van der Waals surface area (Å²) in [5.74, 6) is -0.220. The van der Waals surface area contributed by atoms with Crippen molar-refractivity contribution >= 4 is 5.97 Å². The van der Waals surface area contributed by atoms with E-state index in [1.807, 2.05) is 6.08 Å². The van der Waals surface area contributed by atoms with Gasteiger partial charge in [-0.15, -0.1) is 0 Å². The van der Waals surface area contributed by atoms with Crippen LogP contribution in [0.5, 0.6) is 0 Å². The van der Waals surface area contributed by atoms with Crippen LogP contribution in [0.2, 0.25) is 0 Å². The molecule has 0 heterocycles. The molecule has 0 saturated heterocycles. The number of carbonyl (C=O) groups is 1. The number of hydrogen-bond acceptors (Lipinski definition) is 1. The lowest BCUT2D eigenvalue weighted by Crippen LogP contribution is -2.10. The highest BCUT2D eigenvalue weighted by Gasteiger charge is 2.17. The Morgan fingerprint density at radius 2 is 2.45 bits per heavy atom. The van der Waals surface area contributed by atoms with E-state index in [1.54, 1.807) is 6.08 Å². The summed E-state index contributed by atoms with van der Waals surface area (Å²) < 4.78 is 0. The Labute approximate surface area is 66.2 Å². The average Bonchev–Trinajstić information content (AvgIpc) is 1.94. The topological polar surface area (TPSA) is 37.3 Å². The molecular formula is C9H12O2. The van der Waals surface area contributed by atoms with E-state index in [4.69, 9.17) is 5.11 Å². The number of rotatable bonds is 2. The van der Waals surface area contributed by atoms with E-state index in [-0.39, 0.29) is 0 Å². The SMILES string of the molecule is CC1CC/C1=C\C=C\C(=O)O. The van der Waals surface area contributed by atoms with Crippen molar-refractivity contribution < 1.29 is 9.90 Å². The Balaban J connectivity index is 2.41. The molecule has 0 bridgehead atoms. The molecule has 60 valence electrons. The van der Waals surface area contributed by atoms with Gasteiger partial charge in [0.05, 0.1) is 0 Å². The van der Waals surface area contributed by atoms with Gasteiger partial charge in [0, 0.05) is 6.08 Å². The van der Waals surface area contributed by atoms with E-state index in [0.29, 0.717) is 5.92 Å². The highest BCUT2D eigenvalue weighted by atomic mass is 16.4. The van der Waals surface area contributed by atoms with Gasteiger partial charge in [-0.1, -0.05) is 24.6 Å². The summed E-state index contributed by atoms with van der Waals surface area (Å²) in [5, 5.41) is 8.27. The molecule has 1 N–H and O–H groups in total. The molecule has 1 unspecified atom stereocenters. The van der Waals surface area contributed by atoms with Gasteiger partial charge in [0.15, 0.2) is 0 Å². The highest BCUT2D eigenvalue weighted by molar-refractivity contribution is 5.80. The van der Waals surface area contributed by atoms with Crippen LogP contribution in [0, 0.1) is 5.92 Å². The molecule has 0 aromatic carbocycles. The lowest BCUT2D eigenvalue weighted by Gasteiger charge is -2.25. The van der Waals surface area contributed by atoms with Gasteiger partial charge in [0.1, 0.15) is 0 Å². The molecule has 1 rings (SSSR count). The van der Waals surface area contributed by atoms with Crippen molar-refractivity contribution in [3.8, 4) is 0 Å². The normalized spacial score (nSPS) is 27.4. The van der Waals surface area contributed by atoms with Gasteiger partial charge in [-0.25, -0.2) is 4.79 Å². The fourth-order valence-electron chi connectivity index (χ4n) is 1.10. The van der Waals surface area contributed by atoms with Gasteiger partial charge in [-0.2, -0.15) is 0 Å². The van der Waals surface area contributed by atoms with Crippen molar-refractivity contribution in [2.75, 3.05) is 0 Å². The van der Waals surface area contributed by atoms with Gasteiger partial charge in [0.2, 0.25) is 0 Å². The maximum Gasteiger partial charge on any atom is 0.328 e. The molecule has 11 heavy (non-hydrogen) atoms. The van der Waals surface area contributed by atoms with Crippen molar-refractivity contribution in [2.24, 2.45) is 5.92 Å². The third kappa shape index (κ3) is 2.22. The first-order valence-corrected chi connectivity index (χ1v) is 3.80. The number of carboxylic acids is 1. The summed E-state index contributed by atoms with van der Waals surface area (Å²) in [6.45, 7) is 2.16. The third-order valence-electron chi connectivity index (χ3n) is 2.05. The zero-order valence-corrected chi connectivity index (χ0v) is 6.58. The monoisotopic (exact) mass is 152 g/mol. The van der Waals surface area contributed by atoms with Crippen LogP contribution in [0.4, 0.5) is 0 Å². The molecule has 2 nitrogen and oxygen atoms in total. The smallest absolute Gasteiger partial charge is 0.328 e. The molecule has 0 aliphatic heterocycles. The first-order chi connectivity index (χ1) is 5.20. The van der Waals surface area contributed by atoms with Crippen molar-refractivity contribution in [1.82, 2.24) is 0 Å². The largest absolute Gasteiger partial charge is 0.478 e. The molecule has 0 aromatic rings. The van der Waals surface area contributed by atoms with E-state index >= 15 is 0 Å². The van der Waals surface area contributed by atoms with E-state index < -0.39 is 5.97 Å². The van der Waals surface area contributed by atoms with Crippen molar-refractivity contribution in [2.45, 2.75) is 19.8 Å². The minimum atomic E-state index is -0.881. The van der Waals surface area contributed by atoms with Gasteiger partial charge in [-0.3, -0.25) is 0 Å². The standard InChI is InChI=1S/C9H12O2/c1-7-5-6-8(7)3-2-4-9(10)11/h2-4,7H,5-6H2,1H3,(H,10,11)/b4-2+,8-3+. The van der Waals surface area contributed by atoms with Crippen LogP contribution >= 0.6 is 0 Å². The predicted molar refractivity (Wildman–Crippen MR) is 43.3 cm³/mol. The lowest BCUT2D eigenvalue weighted by atomic mass is 9.81. The second kappa shape index (κ2) is 3.37. The lowest BCUT2D eigenvalue weighted by molar-refractivity contribution is -0.131. The molecule has 1 atom stereocenters. The Bertz CT molecular complexity index is 214. The molecule has 1 saturated carbocycles. The summed E-state index contributed by atoms with van der Waals surface area (Å²) in [6, 6.07) is 0. The van der Waals surface area contributed by atoms with E-state index in [1.165, 1.54) is 12.0 Å². The number of allylic oxidation sites excluding steroid dienone is 3. The average molecular weight is 152 g/mol. The highest BCUT2D eigenvalue weighted by Crippen LogP contribution is 2.32. The molecule has 1 aliphatic carbocycles. The minimum Gasteiger partial charge on any atom is -0.478 e. The predicted octanol–water partition coefficient (Wildman–Crippen LogP) is 1.98. The quantitative estimate of drug-likeness (QED) is 0.614. The van der Waals surface area contributed by atoms with Gasteiger partial charge < -0.3 is 5.11 Å². The van der Waals surface area contributed by atoms with Crippen LogP contribution < -0.4 is 0 Å². The maximum atomic E-state index is 10.1. The van der Waals surface area contributed by atoms with Crippen molar-refractivity contribution in [3.05, 3.63) is 23.8 Å².